The average Bonchev–Trinajstić information content (AvgIpc) is 3.28. The number of rotatable bonds is 8. The van der Waals surface area contributed by atoms with Crippen molar-refractivity contribution in [3.8, 4) is 11.5 Å². The summed E-state index contributed by atoms with van der Waals surface area (Å²) in [7, 11) is -3.90. The van der Waals surface area contributed by atoms with E-state index in [-0.39, 0.29) is 18.0 Å². The van der Waals surface area contributed by atoms with E-state index in [0.717, 1.165) is 17.7 Å². The zero-order chi connectivity index (χ0) is 21.7. The number of halogens is 1. The lowest BCUT2D eigenvalue weighted by atomic mass is 10.2. The molecule has 0 bridgehead atoms. The largest absolute Gasteiger partial charge is 0.468 e. The van der Waals surface area contributed by atoms with Gasteiger partial charge < -0.3 is 9.15 Å². The molecule has 3 aromatic carbocycles. The normalized spacial score (nSPS) is 11.5. The van der Waals surface area contributed by atoms with Crippen LogP contribution in [0.1, 0.15) is 11.3 Å². The molecule has 1 aromatic heterocycles. The first kappa shape index (κ1) is 20.8. The quantitative estimate of drug-likeness (QED) is 0.360. The molecule has 0 aliphatic rings. The van der Waals surface area contributed by atoms with Crippen LogP contribution in [0.2, 0.25) is 0 Å². The van der Waals surface area contributed by atoms with Crippen LogP contribution < -0.4 is 4.74 Å². The van der Waals surface area contributed by atoms with Gasteiger partial charge in [-0.15, -0.1) is 0 Å². The van der Waals surface area contributed by atoms with E-state index in [0.29, 0.717) is 17.3 Å². The summed E-state index contributed by atoms with van der Waals surface area (Å²) < 4.78 is 52.4. The highest BCUT2D eigenvalue weighted by molar-refractivity contribution is 7.89. The van der Waals surface area contributed by atoms with Crippen LogP contribution in [0.5, 0.6) is 11.5 Å². The van der Waals surface area contributed by atoms with E-state index in [1.807, 2.05) is 48.5 Å². The Morgan fingerprint density at radius 2 is 1.55 bits per heavy atom. The lowest BCUT2D eigenvalue weighted by Gasteiger charge is -2.22. The Labute approximate surface area is 180 Å². The van der Waals surface area contributed by atoms with Gasteiger partial charge in [0.05, 0.1) is 17.7 Å². The van der Waals surface area contributed by atoms with Crippen molar-refractivity contribution in [3.05, 3.63) is 114 Å². The van der Waals surface area contributed by atoms with Crippen molar-refractivity contribution in [2.45, 2.75) is 18.0 Å². The van der Waals surface area contributed by atoms with Crippen LogP contribution in [-0.4, -0.2) is 12.7 Å². The van der Waals surface area contributed by atoms with Crippen molar-refractivity contribution in [1.82, 2.24) is 4.31 Å². The highest BCUT2D eigenvalue weighted by atomic mass is 32.2. The van der Waals surface area contributed by atoms with Gasteiger partial charge in [-0.2, -0.15) is 4.31 Å². The molecule has 4 rings (SSSR count). The maximum atomic E-state index is 13.3. The fourth-order valence-corrected chi connectivity index (χ4v) is 4.49. The van der Waals surface area contributed by atoms with Gasteiger partial charge in [0.15, 0.2) is 0 Å². The first-order valence-electron chi connectivity index (χ1n) is 9.61. The van der Waals surface area contributed by atoms with Crippen LogP contribution in [0.25, 0.3) is 0 Å². The molecule has 0 N–H and O–H groups in total. The molecule has 0 radical (unpaired) electrons. The molecule has 7 heteroatoms. The zero-order valence-corrected chi connectivity index (χ0v) is 17.3. The smallest absolute Gasteiger partial charge is 0.243 e. The fraction of sp³-hybridized carbons (Fsp3) is 0.0833. The summed E-state index contributed by atoms with van der Waals surface area (Å²) >= 11 is 0. The molecule has 0 aliphatic carbocycles. The molecular formula is C24H20FNO4S. The Bertz CT molecular complexity index is 1220. The van der Waals surface area contributed by atoms with Crippen LogP contribution in [0.3, 0.4) is 0 Å². The molecule has 0 spiro atoms. The zero-order valence-electron chi connectivity index (χ0n) is 16.5. The van der Waals surface area contributed by atoms with Crippen molar-refractivity contribution in [3.63, 3.8) is 0 Å². The third-order valence-corrected chi connectivity index (χ3v) is 6.41. The molecule has 1 heterocycles. The molecule has 31 heavy (non-hydrogen) atoms. The van der Waals surface area contributed by atoms with Gasteiger partial charge >= 0.3 is 0 Å². The second-order valence-electron chi connectivity index (χ2n) is 6.87. The van der Waals surface area contributed by atoms with Gasteiger partial charge in [-0.25, -0.2) is 12.8 Å². The van der Waals surface area contributed by atoms with Crippen molar-refractivity contribution in [1.29, 1.82) is 0 Å². The van der Waals surface area contributed by atoms with E-state index in [2.05, 4.69) is 0 Å². The number of hydrogen-bond donors (Lipinski definition) is 0. The number of hydrogen-bond acceptors (Lipinski definition) is 4. The Kier molecular flexibility index (Phi) is 6.16. The van der Waals surface area contributed by atoms with Crippen molar-refractivity contribution in [2.24, 2.45) is 0 Å². The first-order valence-corrected chi connectivity index (χ1v) is 11.0. The first-order chi connectivity index (χ1) is 15.0. The maximum Gasteiger partial charge on any atom is 0.243 e. The van der Waals surface area contributed by atoms with Crippen LogP contribution in [0.15, 0.2) is 107 Å². The van der Waals surface area contributed by atoms with Crippen LogP contribution in [0.4, 0.5) is 4.39 Å². The molecule has 4 aromatic rings. The highest BCUT2D eigenvalue weighted by Crippen LogP contribution is 2.25. The predicted molar refractivity (Wildman–Crippen MR) is 114 cm³/mol. The number of nitrogens with zero attached hydrogens (tertiary/aromatic N) is 1. The Morgan fingerprint density at radius 3 is 2.26 bits per heavy atom. The van der Waals surface area contributed by atoms with Gasteiger partial charge in [-0.05, 0) is 66.2 Å². The Morgan fingerprint density at radius 1 is 0.806 bits per heavy atom. The summed E-state index contributed by atoms with van der Waals surface area (Å²) in [5.41, 5.74) is 0.741. The van der Waals surface area contributed by atoms with Crippen LogP contribution in [0, 0.1) is 5.82 Å². The van der Waals surface area contributed by atoms with E-state index in [4.69, 9.17) is 9.15 Å². The van der Waals surface area contributed by atoms with E-state index < -0.39 is 15.8 Å². The summed E-state index contributed by atoms with van der Waals surface area (Å²) in [6, 6.07) is 24.8. The second kappa shape index (κ2) is 9.16. The molecule has 158 valence electrons. The molecule has 0 amide bonds. The van der Waals surface area contributed by atoms with Gasteiger partial charge in [0.1, 0.15) is 23.1 Å². The van der Waals surface area contributed by atoms with E-state index in [1.54, 1.807) is 18.2 Å². The van der Waals surface area contributed by atoms with Crippen LogP contribution in [-0.2, 0) is 23.1 Å². The van der Waals surface area contributed by atoms with Crippen molar-refractivity contribution >= 4 is 10.0 Å². The van der Waals surface area contributed by atoms with Crippen molar-refractivity contribution in [2.75, 3.05) is 0 Å². The van der Waals surface area contributed by atoms with E-state index >= 15 is 0 Å². The maximum absolute atomic E-state index is 13.3. The number of para-hydroxylation sites is 1. The van der Waals surface area contributed by atoms with Gasteiger partial charge in [0.25, 0.3) is 0 Å². The van der Waals surface area contributed by atoms with Gasteiger partial charge in [0.2, 0.25) is 10.0 Å². The van der Waals surface area contributed by atoms with Gasteiger partial charge in [0, 0.05) is 6.54 Å². The number of ether oxygens (including phenoxy) is 1. The third kappa shape index (κ3) is 5.20. The minimum Gasteiger partial charge on any atom is -0.468 e. The minimum absolute atomic E-state index is 0.0112. The molecule has 0 fully saturated rings. The third-order valence-electron chi connectivity index (χ3n) is 4.60. The molecular weight excluding hydrogens is 417 g/mol. The lowest BCUT2D eigenvalue weighted by Crippen LogP contribution is -2.30. The number of benzene rings is 3. The highest BCUT2D eigenvalue weighted by Gasteiger charge is 2.26. The lowest BCUT2D eigenvalue weighted by molar-refractivity contribution is 0.358. The van der Waals surface area contributed by atoms with Crippen molar-refractivity contribution < 1.29 is 22.0 Å². The predicted octanol–water partition coefficient (Wildman–Crippen LogP) is 5.60. The summed E-state index contributed by atoms with van der Waals surface area (Å²) in [4.78, 5) is 0.0112. The Balaban J connectivity index is 1.62. The average molecular weight is 437 g/mol. The molecule has 0 aliphatic heterocycles. The molecule has 0 atom stereocenters. The van der Waals surface area contributed by atoms with E-state index in [9.17, 15) is 12.8 Å². The summed E-state index contributed by atoms with van der Waals surface area (Å²) in [6.07, 6.45) is 1.49. The second-order valence-corrected chi connectivity index (χ2v) is 8.81. The summed E-state index contributed by atoms with van der Waals surface area (Å²) in [6.45, 7) is 0.128. The minimum atomic E-state index is -3.90. The molecule has 0 saturated heterocycles. The summed E-state index contributed by atoms with van der Waals surface area (Å²) in [5, 5.41) is 0. The van der Waals surface area contributed by atoms with E-state index in [1.165, 1.54) is 22.7 Å². The van der Waals surface area contributed by atoms with Crippen LogP contribution >= 0.6 is 0 Å². The molecule has 0 unspecified atom stereocenters. The topological polar surface area (TPSA) is 59.8 Å². The van der Waals surface area contributed by atoms with Gasteiger partial charge in [-0.1, -0.05) is 30.3 Å². The number of furan rings is 1. The Hall–Kier alpha value is -3.42. The molecule has 5 nitrogen and oxygen atoms in total. The fourth-order valence-electron chi connectivity index (χ4n) is 3.09. The molecule has 0 saturated carbocycles. The SMILES string of the molecule is O=S(=O)(c1ccc(F)cc1)N(Cc1cccc(Oc2ccccc2)c1)Cc1ccco1. The van der Waals surface area contributed by atoms with Gasteiger partial charge in [-0.3, -0.25) is 0 Å². The standard InChI is InChI=1S/C24H20FNO4S/c25-20-11-13-24(14-12-20)31(27,28)26(18-23-10-5-15-29-23)17-19-6-4-9-22(16-19)30-21-7-2-1-3-8-21/h1-16H,17-18H2. The monoisotopic (exact) mass is 437 g/mol. The summed E-state index contributed by atoms with van der Waals surface area (Å²) in [5.74, 6) is 1.29. The number of sulfonamides is 1.